The number of rotatable bonds is 1. The summed E-state index contributed by atoms with van der Waals surface area (Å²) < 4.78 is 1.04. The minimum absolute atomic E-state index is 0.396. The first-order valence-corrected chi connectivity index (χ1v) is 5.89. The van der Waals surface area contributed by atoms with Gasteiger partial charge in [-0.05, 0) is 30.3 Å². The topological polar surface area (TPSA) is 67.8 Å². The maximum atomic E-state index is 12.3. The molecule has 19 heavy (non-hydrogen) atoms. The molecular formula is C13H8ClN3O2. The van der Waals surface area contributed by atoms with Gasteiger partial charge >= 0.3 is 5.69 Å². The molecule has 1 N–H and O–H groups in total. The molecule has 0 saturated carbocycles. The van der Waals surface area contributed by atoms with Crippen LogP contribution in [0.4, 0.5) is 0 Å². The largest absolute Gasteiger partial charge is 0.333 e. The van der Waals surface area contributed by atoms with Crippen LogP contribution < -0.4 is 11.2 Å². The van der Waals surface area contributed by atoms with Crippen molar-refractivity contribution >= 4 is 22.5 Å². The third-order valence-electron chi connectivity index (χ3n) is 2.76. The fourth-order valence-electron chi connectivity index (χ4n) is 1.91. The van der Waals surface area contributed by atoms with E-state index in [2.05, 4.69) is 9.97 Å². The number of benzene rings is 1. The number of aromatic nitrogens is 3. The van der Waals surface area contributed by atoms with Crippen LogP contribution in [0.3, 0.4) is 0 Å². The fraction of sp³-hybridized carbons (Fsp3) is 0. The number of pyridine rings is 1. The molecule has 1 aromatic carbocycles. The zero-order valence-electron chi connectivity index (χ0n) is 9.63. The van der Waals surface area contributed by atoms with Crippen LogP contribution >= 0.6 is 11.6 Å². The highest BCUT2D eigenvalue weighted by Gasteiger charge is 2.09. The predicted molar refractivity (Wildman–Crippen MR) is 73.0 cm³/mol. The van der Waals surface area contributed by atoms with Gasteiger partial charge in [0.15, 0.2) is 0 Å². The Morgan fingerprint density at radius 1 is 1.21 bits per heavy atom. The van der Waals surface area contributed by atoms with Crippen molar-refractivity contribution in [2.75, 3.05) is 0 Å². The number of halogens is 1. The van der Waals surface area contributed by atoms with Gasteiger partial charge in [-0.2, -0.15) is 0 Å². The van der Waals surface area contributed by atoms with Gasteiger partial charge in [-0.3, -0.25) is 9.78 Å². The minimum atomic E-state index is -0.521. The number of H-pyrrole nitrogens is 1. The van der Waals surface area contributed by atoms with Crippen molar-refractivity contribution in [1.29, 1.82) is 0 Å². The fourth-order valence-corrected chi connectivity index (χ4v) is 2.08. The van der Waals surface area contributed by atoms with E-state index in [-0.39, 0.29) is 0 Å². The highest BCUT2D eigenvalue weighted by molar-refractivity contribution is 6.31. The summed E-state index contributed by atoms with van der Waals surface area (Å²) in [6.07, 6.45) is 3.03. The number of fused-ring (bicyclic) bond motifs is 1. The summed E-state index contributed by atoms with van der Waals surface area (Å²) >= 11 is 5.84. The van der Waals surface area contributed by atoms with E-state index in [1.165, 1.54) is 6.20 Å². The molecule has 3 rings (SSSR count). The maximum Gasteiger partial charge on any atom is 0.333 e. The number of nitrogens with zero attached hydrogens (tertiary/aromatic N) is 2. The Balaban J connectivity index is 2.43. The molecule has 0 unspecified atom stereocenters. The van der Waals surface area contributed by atoms with Crippen LogP contribution in [0.1, 0.15) is 0 Å². The van der Waals surface area contributed by atoms with Crippen LogP contribution in [-0.4, -0.2) is 14.5 Å². The first-order valence-electron chi connectivity index (χ1n) is 5.52. The molecule has 0 bridgehead atoms. The summed E-state index contributed by atoms with van der Waals surface area (Å²) in [6.45, 7) is 0. The predicted octanol–water partition coefficient (Wildman–Crippen LogP) is 1.73. The van der Waals surface area contributed by atoms with E-state index in [0.717, 1.165) is 4.57 Å². The molecule has 0 aliphatic heterocycles. The van der Waals surface area contributed by atoms with Gasteiger partial charge in [-0.25, -0.2) is 9.36 Å². The molecule has 3 aromatic rings. The van der Waals surface area contributed by atoms with E-state index in [9.17, 15) is 9.59 Å². The first-order chi connectivity index (χ1) is 9.16. The Kier molecular flexibility index (Phi) is 2.68. The van der Waals surface area contributed by atoms with E-state index >= 15 is 0 Å². The zero-order valence-corrected chi connectivity index (χ0v) is 10.4. The highest BCUT2D eigenvalue weighted by atomic mass is 35.5. The molecule has 2 aromatic heterocycles. The molecule has 0 atom stereocenters. The van der Waals surface area contributed by atoms with Crippen LogP contribution in [0.5, 0.6) is 0 Å². The highest BCUT2D eigenvalue weighted by Crippen LogP contribution is 2.13. The number of nitrogens with one attached hydrogen (secondary N) is 1. The SMILES string of the molecule is O=c1[nH]c2cc(Cl)ccc2c(=O)n1-c1cccnc1. The van der Waals surface area contributed by atoms with Crippen molar-refractivity contribution in [2.45, 2.75) is 0 Å². The molecule has 6 heteroatoms. The standard InChI is InChI=1S/C13H8ClN3O2/c14-8-3-4-10-11(6-8)16-13(19)17(12(10)18)9-2-1-5-15-7-9/h1-7H,(H,16,19). The second kappa shape index (κ2) is 4.37. The number of hydrogen-bond acceptors (Lipinski definition) is 3. The summed E-state index contributed by atoms with van der Waals surface area (Å²) in [5.41, 5.74) is -0.0792. The molecule has 0 saturated heterocycles. The van der Waals surface area contributed by atoms with Crippen LogP contribution in [0, 0.1) is 0 Å². The van der Waals surface area contributed by atoms with Gasteiger partial charge in [0.05, 0.1) is 22.8 Å². The Hall–Kier alpha value is -2.40. The molecule has 0 fully saturated rings. The summed E-state index contributed by atoms with van der Waals surface area (Å²) in [4.78, 5) is 30.9. The number of hydrogen-bond donors (Lipinski definition) is 1. The normalized spacial score (nSPS) is 10.8. The minimum Gasteiger partial charge on any atom is -0.306 e. The molecule has 0 aliphatic carbocycles. The van der Waals surface area contributed by atoms with Crippen molar-refractivity contribution in [3.8, 4) is 5.69 Å². The lowest BCUT2D eigenvalue weighted by Gasteiger charge is -2.05. The van der Waals surface area contributed by atoms with Gasteiger partial charge in [0, 0.05) is 11.2 Å². The van der Waals surface area contributed by atoms with Gasteiger partial charge in [-0.15, -0.1) is 0 Å². The third kappa shape index (κ3) is 1.94. The quantitative estimate of drug-likeness (QED) is 0.734. The molecule has 0 aliphatic rings. The van der Waals surface area contributed by atoms with Gasteiger partial charge in [0.2, 0.25) is 0 Å². The van der Waals surface area contributed by atoms with Crippen LogP contribution in [0.25, 0.3) is 16.6 Å². The average molecular weight is 274 g/mol. The van der Waals surface area contributed by atoms with Crippen LogP contribution in [0.2, 0.25) is 5.02 Å². The molecule has 0 radical (unpaired) electrons. The zero-order chi connectivity index (χ0) is 13.4. The van der Waals surface area contributed by atoms with E-state index in [1.807, 2.05) is 0 Å². The van der Waals surface area contributed by atoms with E-state index in [4.69, 9.17) is 11.6 Å². The van der Waals surface area contributed by atoms with Gasteiger partial charge in [0.25, 0.3) is 5.56 Å². The molecule has 5 nitrogen and oxygen atoms in total. The summed E-state index contributed by atoms with van der Waals surface area (Å²) in [5.74, 6) is 0. The molecule has 0 spiro atoms. The van der Waals surface area contributed by atoms with Gasteiger partial charge < -0.3 is 4.98 Å². The van der Waals surface area contributed by atoms with Crippen molar-refractivity contribution < 1.29 is 0 Å². The number of aromatic amines is 1. The maximum absolute atomic E-state index is 12.3. The Morgan fingerprint density at radius 3 is 2.79 bits per heavy atom. The van der Waals surface area contributed by atoms with E-state index < -0.39 is 11.2 Å². The smallest absolute Gasteiger partial charge is 0.306 e. The van der Waals surface area contributed by atoms with Crippen LogP contribution in [-0.2, 0) is 0 Å². The lowest BCUT2D eigenvalue weighted by molar-refractivity contribution is 0.895. The molecule has 2 heterocycles. The van der Waals surface area contributed by atoms with Crippen molar-refractivity contribution in [3.05, 3.63) is 68.6 Å². The van der Waals surface area contributed by atoms with Crippen molar-refractivity contribution in [1.82, 2.24) is 14.5 Å². The third-order valence-corrected chi connectivity index (χ3v) is 3.00. The molecular weight excluding hydrogens is 266 g/mol. The average Bonchev–Trinajstić information content (AvgIpc) is 2.39. The van der Waals surface area contributed by atoms with Gasteiger partial charge in [-0.1, -0.05) is 11.6 Å². The Morgan fingerprint density at radius 2 is 2.05 bits per heavy atom. The van der Waals surface area contributed by atoms with Crippen LogP contribution in [0.15, 0.2) is 52.3 Å². The monoisotopic (exact) mass is 273 g/mol. The second-order valence-electron chi connectivity index (χ2n) is 3.97. The van der Waals surface area contributed by atoms with E-state index in [0.29, 0.717) is 21.6 Å². The lowest BCUT2D eigenvalue weighted by atomic mass is 10.2. The van der Waals surface area contributed by atoms with Crippen molar-refractivity contribution in [2.24, 2.45) is 0 Å². The second-order valence-corrected chi connectivity index (χ2v) is 4.41. The van der Waals surface area contributed by atoms with Crippen molar-refractivity contribution in [3.63, 3.8) is 0 Å². The lowest BCUT2D eigenvalue weighted by Crippen LogP contribution is -2.33. The molecule has 94 valence electrons. The Bertz CT molecular complexity index is 868. The summed E-state index contributed by atoms with van der Waals surface area (Å²) in [6, 6.07) is 8.05. The van der Waals surface area contributed by atoms with E-state index in [1.54, 1.807) is 36.5 Å². The summed E-state index contributed by atoms with van der Waals surface area (Å²) in [5, 5.41) is 0.856. The van der Waals surface area contributed by atoms with Gasteiger partial charge in [0.1, 0.15) is 0 Å². The first kappa shape index (κ1) is 11.7. The Labute approximate surface area is 112 Å². The molecule has 0 amide bonds. The summed E-state index contributed by atoms with van der Waals surface area (Å²) in [7, 11) is 0.